The van der Waals surface area contributed by atoms with E-state index in [-0.39, 0.29) is 17.5 Å². The molecule has 10 heteroatoms. The minimum atomic E-state index is -0.986. The number of ether oxygens (including phenoxy) is 1. The quantitative estimate of drug-likeness (QED) is 0.710. The molecular weight excluding hydrogens is 410 g/mol. The third-order valence-electron chi connectivity index (χ3n) is 4.89. The van der Waals surface area contributed by atoms with Gasteiger partial charge in [0.15, 0.2) is 12.1 Å². The summed E-state index contributed by atoms with van der Waals surface area (Å²) in [4.78, 5) is 39.1. The topological polar surface area (TPSA) is 104 Å². The zero-order valence-electron chi connectivity index (χ0n) is 16.0. The van der Waals surface area contributed by atoms with Gasteiger partial charge >= 0.3 is 0 Å². The summed E-state index contributed by atoms with van der Waals surface area (Å²) in [7, 11) is 1.47. The van der Waals surface area contributed by atoms with Crippen LogP contribution in [0, 0.1) is 0 Å². The van der Waals surface area contributed by atoms with Crippen molar-refractivity contribution in [1.29, 1.82) is 0 Å². The molecule has 0 bridgehead atoms. The van der Waals surface area contributed by atoms with Crippen LogP contribution in [0.1, 0.15) is 5.56 Å². The molecule has 154 valence electrons. The van der Waals surface area contributed by atoms with Crippen LogP contribution in [0.15, 0.2) is 58.9 Å². The van der Waals surface area contributed by atoms with Crippen LogP contribution >= 0.6 is 11.6 Å². The van der Waals surface area contributed by atoms with Crippen molar-refractivity contribution < 1.29 is 19.1 Å². The highest BCUT2D eigenvalue weighted by molar-refractivity contribution is 6.33. The van der Waals surface area contributed by atoms with E-state index in [1.54, 1.807) is 12.1 Å². The molecule has 2 atom stereocenters. The fourth-order valence-electron chi connectivity index (χ4n) is 3.40. The van der Waals surface area contributed by atoms with Crippen molar-refractivity contribution in [2.75, 3.05) is 18.6 Å². The molecule has 30 heavy (non-hydrogen) atoms. The summed E-state index contributed by atoms with van der Waals surface area (Å²) in [6.07, 6.45) is 0. The Morgan fingerprint density at radius 3 is 2.63 bits per heavy atom. The van der Waals surface area contributed by atoms with Crippen molar-refractivity contribution in [2.24, 2.45) is 10.3 Å². The average molecular weight is 428 g/mol. The van der Waals surface area contributed by atoms with Crippen LogP contribution in [0.4, 0.5) is 5.69 Å². The van der Waals surface area contributed by atoms with Gasteiger partial charge in [0.2, 0.25) is 5.91 Å². The number of hydrogen-bond donors (Lipinski definition) is 1. The van der Waals surface area contributed by atoms with E-state index in [0.29, 0.717) is 18.0 Å². The molecule has 0 spiro atoms. The highest BCUT2D eigenvalue weighted by Crippen LogP contribution is 2.35. The van der Waals surface area contributed by atoms with Gasteiger partial charge in [0, 0.05) is 6.54 Å². The number of nitrogens with zero attached hydrogens (tertiary/aromatic N) is 4. The zero-order valence-corrected chi connectivity index (χ0v) is 16.7. The van der Waals surface area contributed by atoms with Gasteiger partial charge in [-0.25, -0.2) is 4.90 Å². The van der Waals surface area contributed by atoms with Crippen LogP contribution in [0.3, 0.4) is 0 Å². The van der Waals surface area contributed by atoms with E-state index in [9.17, 15) is 14.4 Å². The number of carbonyl (C=O) groups is 3. The molecule has 3 amide bonds. The summed E-state index contributed by atoms with van der Waals surface area (Å²) in [6.45, 7) is 0.163. The smallest absolute Gasteiger partial charge is 0.263 e. The third kappa shape index (κ3) is 3.59. The molecule has 1 N–H and O–H groups in total. The Morgan fingerprint density at radius 1 is 1.17 bits per heavy atom. The maximum atomic E-state index is 13.0. The van der Waals surface area contributed by atoms with Gasteiger partial charge in [0.1, 0.15) is 12.3 Å². The Hall–Kier alpha value is -3.46. The van der Waals surface area contributed by atoms with Crippen molar-refractivity contribution in [3.8, 4) is 5.75 Å². The maximum Gasteiger partial charge on any atom is 0.263 e. The fourth-order valence-corrected chi connectivity index (χ4v) is 3.65. The fraction of sp³-hybridized carbons (Fsp3) is 0.250. The highest BCUT2D eigenvalue weighted by Gasteiger charge is 2.55. The Labute approximate surface area is 177 Å². The molecule has 0 unspecified atom stereocenters. The molecule has 2 aliphatic heterocycles. The van der Waals surface area contributed by atoms with Crippen molar-refractivity contribution in [3.05, 3.63) is 59.1 Å². The molecule has 1 fully saturated rings. The molecule has 2 heterocycles. The Bertz CT molecular complexity index is 1030. The summed E-state index contributed by atoms with van der Waals surface area (Å²) in [5, 5.41) is 12.1. The van der Waals surface area contributed by atoms with Gasteiger partial charge in [-0.05, 0) is 23.8 Å². The van der Waals surface area contributed by atoms with E-state index >= 15 is 0 Å². The summed E-state index contributed by atoms with van der Waals surface area (Å²) in [5.41, 5.74) is 1.26. The van der Waals surface area contributed by atoms with Crippen molar-refractivity contribution in [2.45, 2.75) is 18.6 Å². The first kappa shape index (κ1) is 19.8. The van der Waals surface area contributed by atoms with E-state index in [4.69, 9.17) is 16.3 Å². The van der Waals surface area contributed by atoms with Gasteiger partial charge in [0.05, 0.1) is 17.8 Å². The van der Waals surface area contributed by atoms with Gasteiger partial charge in [-0.3, -0.25) is 19.4 Å². The van der Waals surface area contributed by atoms with Crippen molar-refractivity contribution in [1.82, 2.24) is 10.3 Å². The predicted molar refractivity (Wildman–Crippen MR) is 108 cm³/mol. The standard InChI is InChI=1S/C20H18ClN5O4/c1-30-15-8-7-13(9-14(15)21)26-19(28)17-18(20(26)29)25(24-23-17)11-16(27)22-10-12-5-3-2-4-6-12/h2-9,17-18H,10-11H2,1H3,(H,22,27)/t17-,18+/m0/s1. The largest absolute Gasteiger partial charge is 0.495 e. The molecular formula is C20H18ClN5O4. The first-order valence-corrected chi connectivity index (χ1v) is 9.57. The number of amides is 3. The van der Waals surface area contributed by atoms with E-state index in [2.05, 4.69) is 15.7 Å². The van der Waals surface area contributed by atoms with Gasteiger partial charge in [-0.1, -0.05) is 47.2 Å². The van der Waals surface area contributed by atoms with Gasteiger partial charge in [0.25, 0.3) is 11.8 Å². The number of hydrogen-bond acceptors (Lipinski definition) is 7. The third-order valence-corrected chi connectivity index (χ3v) is 5.18. The lowest BCUT2D eigenvalue weighted by atomic mass is 10.1. The van der Waals surface area contributed by atoms with Gasteiger partial charge in [-0.15, -0.1) is 0 Å². The molecule has 9 nitrogen and oxygen atoms in total. The number of carbonyl (C=O) groups excluding carboxylic acids is 3. The molecule has 2 aromatic rings. The SMILES string of the molecule is COc1ccc(N2C(=O)[C@H]3N=NN(CC(=O)NCc4ccccc4)[C@H]3C2=O)cc1Cl. The maximum absolute atomic E-state index is 13.0. The molecule has 0 aromatic heterocycles. The van der Waals surface area contributed by atoms with Crippen molar-refractivity contribution >= 4 is 35.0 Å². The van der Waals surface area contributed by atoms with Crippen LogP contribution in [0.25, 0.3) is 0 Å². The molecule has 2 aliphatic rings. The van der Waals surface area contributed by atoms with E-state index < -0.39 is 23.9 Å². The summed E-state index contributed by atoms with van der Waals surface area (Å²) in [6, 6.07) is 12.1. The Morgan fingerprint density at radius 2 is 1.93 bits per heavy atom. The summed E-state index contributed by atoms with van der Waals surface area (Å²) >= 11 is 6.13. The number of benzene rings is 2. The van der Waals surface area contributed by atoms with E-state index in [0.717, 1.165) is 10.5 Å². The summed E-state index contributed by atoms with van der Waals surface area (Å²) < 4.78 is 5.10. The van der Waals surface area contributed by atoms with Crippen LogP contribution in [0.5, 0.6) is 5.75 Å². The highest BCUT2D eigenvalue weighted by atomic mass is 35.5. The number of nitrogens with one attached hydrogen (secondary N) is 1. The molecule has 0 saturated carbocycles. The van der Waals surface area contributed by atoms with Crippen LogP contribution in [0.2, 0.25) is 5.02 Å². The van der Waals surface area contributed by atoms with Crippen LogP contribution < -0.4 is 15.0 Å². The lowest BCUT2D eigenvalue weighted by Gasteiger charge is -2.20. The lowest BCUT2D eigenvalue weighted by molar-refractivity contribution is -0.125. The first-order valence-electron chi connectivity index (χ1n) is 9.19. The number of imide groups is 1. The van der Waals surface area contributed by atoms with E-state index in [1.807, 2.05) is 30.3 Å². The molecule has 2 aromatic carbocycles. The average Bonchev–Trinajstić information content (AvgIpc) is 3.27. The number of halogens is 1. The molecule has 4 rings (SSSR count). The van der Waals surface area contributed by atoms with Gasteiger partial charge in [-0.2, -0.15) is 5.11 Å². The van der Waals surface area contributed by atoms with Crippen molar-refractivity contribution in [3.63, 3.8) is 0 Å². The second-order valence-electron chi connectivity index (χ2n) is 6.79. The lowest BCUT2D eigenvalue weighted by Crippen LogP contribution is -2.44. The number of fused-ring (bicyclic) bond motifs is 1. The minimum Gasteiger partial charge on any atom is -0.495 e. The summed E-state index contributed by atoms with van der Waals surface area (Å²) in [5.74, 6) is -0.921. The predicted octanol–water partition coefficient (Wildman–Crippen LogP) is 1.96. The molecule has 0 radical (unpaired) electrons. The Kier molecular flexibility index (Phi) is 5.37. The van der Waals surface area contributed by atoms with Crippen LogP contribution in [-0.2, 0) is 20.9 Å². The monoisotopic (exact) mass is 427 g/mol. The van der Waals surface area contributed by atoms with Crippen LogP contribution in [-0.4, -0.2) is 48.5 Å². The molecule has 1 saturated heterocycles. The normalized spacial score (nSPS) is 19.9. The minimum absolute atomic E-state index is 0.187. The second kappa shape index (κ2) is 8.11. The number of anilines is 1. The number of methoxy groups -OCH3 is 1. The first-order chi connectivity index (χ1) is 14.5. The van der Waals surface area contributed by atoms with E-state index in [1.165, 1.54) is 18.2 Å². The van der Waals surface area contributed by atoms with Gasteiger partial charge < -0.3 is 10.1 Å². The number of rotatable bonds is 6. The Balaban J connectivity index is 1.45. The second-order valence-corrected chi connectivity index (χ2v) is 7.19. The zero-order chi connectivity index (χ0) is 21.3. The molecule has 0 aliphatic carbocycles.